The third-order valence-electron chi connectivity index (χ3n) is 2.30. The maximum Gasteiger partial charge on any atom is 0.261 e. The van der Waals surface area contributed by atoms with E-state index in [1.807, 2.05) is 0 Å². The molecule has 0 fully saturated rings. The standard InChI is InChI=1S/C12H11ClN2O2S/c13-11-7-6-9(8-12(11)14)15-18(16,17)10-4-2-1-3-5-10/h1-8,15H,14H2. The summed E-state index contributed by atoms with van der Waals surface area (Å²) in [6.45, 7) is 0. The quantitative estimate of drug-likeness (QED) is 0.850. The van der Waals surface area contributed by atoms with Crippen LogP contribution < -0.4 is 10.5 Å². The first-order chi connectivity index (χ1) is 8.49. The van der Waals surface area contributed by atoms with E-state index in [2.05, 4.69) is 4.72 Å². The molecule has 0 aliphatic heterocycles. The predicted octanol–water partition coefficient (Wildman–Crippen LogP) is 2.72. The maximum absolute atomic E-state index is 12.0. The molecule has 6 heteroatoms. The summed E-state index contributed by atoms with van der Waals surface area (Å²) in [5.74, 6) is 0. The van der Waals surface area contributed by atoms with E-state index in [0.29, 0.717) is 16.4 Å². The molecule has 0 spiro atoms. The van der Waals surface area contributed by atoms with Gasteiger partial charge in [-0.15, -0.1) is 0 Å². The number of nitrogens with two attached hydrogens (primary N) is 1. The van der Waals surface area contributed by atoms with Crippen LogP contribution in [0.25, 0.3) is 0 Å². The average Bonchev–Trinajstić information content (AvgIpc) is 2.35. The number of sulfonamides is 1. The fourth-order valence-electron chi connectivity index (χ4n) is 1.42. The molecule has 4 nitrogen and oxygen atoms in total. The Bertz CT molecular complexity index is 657. The second-order valence-electron chi connectivity index (χ2n) is 3.65. The zero-order valence-corrected chi connectivity index (χ0v) is 10.9. The average molecular weight is 283 g/mol. The van der Waals surface area contributed by atoms with Crippen molar-refractivity contribution >= 4 is 33.0 Å². The summed E-state index contributed by atoms with van der Waals surface area (Å²) in [5.41, 5.74) is 6.31. The zero-order valence-electron chi connectivity index (χ0n) is 9.30. The van der Waals surface area contributed by atoms with E-state index in [1.165, 1.54) is 18.2 Å². The van der Waals surface area contributed by atoms with Gasteiger partial charge in [0, 0.05) is 0 Å². The van der Waals surface area contributed by atoms with Crippen LogP contribution in [0.1, 0.15) is 0 Å². The Morgan fingerprint density at radius 1 is 1.06 bits per heavy atom. The molecule has 0 atom stereocenters. The van der Waals surface area contributed by atoms with Crippen molar-refractivity contribution < 1.29 is 8.42 Å². The lowest BCUT2D eigenvalue weighted by Crippen LogP contribution is -2.12. The molecule has 0 heterocycles. The first-order valence-electron chi connectivity index (χ1n) is 5.12. The van der Waals surface area contributed by atoms with Gasteiger partial charge >= 0.3 is 0 Å². The zero-order chi connectivity index (χ0) is 13.2. The van der Waals surface area contributed by atoms with Crippen LogP contribution in [0.2, 0.25) is 5.02 Å². The van der Waals surface area contributed by atoms with Crippen LogP contribution in [-0.2, 0) is 10.0 Å². The van der Waals surface area contributed by atoms with E-state index in [1.54, 1.807) is 30.3 Å². The van der Waals surface area contributed by atoms with E-state index in [-0.39, 0.29) is 4.90 Å². The molecule has 94 valence electrons. The van der Waals surface area contributed by atoms with Crippen molar-refractivity contribution in [3.63, 3.8) is 0 Å². The Morgan fingerprint density at radius 2 is 1.72 bits per heavy atom. The van der Waals surface area contributed by atoms with Gasteiger partial charge in [0.05, 0.1) is 21.3 Å². The Balaban J connectivity index is 2.31. The Morgan fingerprint density at radius 3 is 2.33 bits per heavy atom. The summed E-state index contributed by atoms with van der Waals surface area (Å²) in [6, 6.07) is 12.7. The highest BCUT2D eigenvalue weighted by Gasteiger charge is 2.13. The Hall–Kier alpha value is -1.72. The lowest BCUT2D eigenvalue weighted by atomic mass is 10.3. The van der Waals surface area contributed by atoms with Crippen LogP contribution in [0.4, 0.5) is 11.4 Å². The van der Waals surface area contributed by atoms with Crippen LogP contribution in [0.3, 0.4) is 0 Å². The molecule has 2 aromatic rings. The minimum absolute atomic E-state index is 0.193. The number of hydrogen-bond acceptors (Lipinski definition) is 3. The van der Waals surface area contributed by atoms with Crippen molar-refractivity contribution in [1.29, 1.82) is 0 Å². The van der Waals surface area contributed by atoms with Crippen LogP contribution in [0.15, 0.2) is 53.4 Å². The largest absolute Gasteiger partial charge is 0.397 e. The monoisotopic (exact) mass is 282 g/mol. The van der Waals surface area contributed by atoms with E-state index in [0.717, 1.165) is 0 Å². The van der Waals surface area contributed by atoms with Crippen LogP contribution in [0.5, 0.6) is 0 Å². The molecule has 3 N–H and O–H groups in total. The smallest absolute Gasteiger partial charge is 0.261 e. The highest BCUT2D eigenvalue weighted by atomic mass is 35.5. The lowest BCUT2D eigenvalue weighted by Gasteiger charge is -2.09. The molecule has 2 aromatic carbocycles. The number of rotatable bonds is 3. The molecule has 0 aromatic heterocycles. The van der Waals surface area contributed by atoms with Crippen molar-refractivity contribution in [1.82, 2.24) is 0 Å². The summed E-state index contributed by atoms with van der Waals surface area (Å²) in [7, 11) is -3.59. The molecule has 0 radical (unpaired) electrons. The fraction of sp³-hybridized carbons (Fsp3) is 0. The third-order valence-corrected chi connectivity index (χ3v) is 4.04. The molecule has 0 aliphatic carbocycles. The van der Waals surface area contributed by atoms with Gasteiger partial charge in [0.25, 0.3) is 10.0 Å². The maximum atomic E-state index is 12.0. The molecule has 0 saturated heterocycles. The Labute approximate surface area is 110 Å². The van der Waals surface area contributed by atoms with Gasteiger partial charge in [-0.1, -0.05) is 29.8 Å². The fourth-order valence-corrected chi connectivity index (χ4v) is 2.61. The Kier molecular flexibility index (Phi) is 3.45. The van der Waals surface area contributed by atoms with Crippen molar-refractivity contribution in [3.05, 3.63) is 53.6 Å². The molecule has 0 aliphatic rings. The number of benzene rings is 2. The summed E-state index contributed by atoms with van der Waals surface area (Å²) in [5, 5.41) is 0.387. The predicted molar refractivity (Wildman–Crippen MR) is 73.1 cm³/mol. The molecule has 0 saturated carbocycles. The normalized spacial score (nSPS) is 11.2. The van der Waals surface area contributed by atoms with Gasteiger partial charge in [-0.25, -0.2) is 8.42 Å². The van der Waals surface area contributed by atoms with Gasteiger partial charge in [0.15, 0.2) is 0 Å². The second kappa shape index (κ2) is 4.88. The topological polar surface area (TPSA) is 72.2 Å². The van der Waals surface area contributed by atoms with Crippen LogP contribution in [-0.4, -0.2) is 8.42 Å². The first-order valence-corrected chi connectivity index (χ1v) is 6.98. The number of anilines is 2. The van der Waals surface area contributed by atoms with Crippen molar-refractivity contribution in [2.75, 3.05) is 10.5 Å². The second-order valence-corrected chi connectivity index (χ2v) is 5.74. The minimum atomic E-state index is -3.59. The van der Waals surface area contributed by atoms with Gasteiger partial charge in [-0.2, -0.15) is 0 Å². The lowest BCUT2D eigenvalue weighted by molar-refractivity contribution is 0.601. The summed E-state index contributed by atoms with van der Waals surface area (Å²) in [4.78, 5) is 0.193. The molecular weight excluding hydrogens is 272 g/mol. The molecular formula is C12H11ClN2O2S. The van der Waals surface area contributed by atoms with Gasteiger partial charge < -0.3 is 5.73 Å². The molecule has 0 unspecified atom stereocenters. The molecule has 2 rings (SSSR count). The van der Waals surface area contributed by atoms with Crippen molar-refractivity contribution in [3.8, 4) is 0 Å². The van der Waals surface area contributed by atoms with Gasteiger partial charge in [0.1, 0.15) is 0 Å². The number of halogens is 1. The number of nitrogen functional groups attached to an aromatic ring is 1. The van der Waals surface area contributed by atoms with E-state index < -0.39 is 10.0 Å². The highest BCUT2D eigenvalue weighted by Crippen LogP contribution is 2.24. The number of nitrogens with one attached hydrogen (secondary N) is 1. The van der Waals surface area contributed by atoms with E-state index >= 15 is 0 Å². The summed E-state index contributed by atoms with van der Waals surface area (Å²) in [6.07, 6.45) is 0. The van der Waals surface area contributed by atoms with Crippen LogP contribution in [0, 0.1) is 0 Å². The molecule has 0 amide bonds. The SMILES string of the molecule is Nc1cc(NS(=O)(=O)c2ccccc2)ccc1Cl. The summed E-state index contributed by atoms with van der Waals surface area (Å²) < 4.78 is 26.5. The van der Waals surface area contributed by atoms with Crippen LogP contribution >= 0.6 is 11.6 Å². The van der Waals surface area contributed by atoms with Gasteiger partial charge in [-0.05, 0) is 30.3 Å². The first kappa shape index (κ1) is 12.7. The van der Waals surface area contributed by atoms with Crippen molar-refractivity contribution in [2.24, 2.45) is 0 Å². The molecule has 18 heavy (non-hydrogen) atoms. The third kappa shape index (κ3) is 2.75. The van der Waals surface area contributed by atoms with E-state index in [9.17, 15) is 8.42 Å². The summed E-state index contributed by atoms with van der Waals surface area (Å²) >= 11 is 5.77. The number of hydrogen-bond donors (Lipinski definition) is 2. The van der Waals surface area contributed by atoms with Gasteiger partial charge in [-0.3, -0.25) is 4.72 Å². The highest BCUT2D eigenvalue weighted by molar-refractivity contribution is 7.92. The molecule has 0 bridgehead atoms. The minimum Gasteiger partial charge on any atom is -0.397 e. The van der Waals surface area contributed by atoms with E-state index in [4.69, 9.17) is 17.3 Å². The van der Waals surface area contributed by atoms with Gasteiger partial charge in [0.2, 0.25) is 0 Å². The van der Waals surface area contributed by atoms with Crippen molar-refractivity contribution in [2.45, 2.75) is 4.90 Å².